The first-order valence-electron chi connectivity index (χ1n) is 5.81. The fourth-order valence-electron chi connectivity index (χ4n) is 1.47. The molecular weight excluding hydrogens is 304 g/mol. The minimum Gasteiger partial charge on any atom is -0.258 e. The van der Waals surface area contributed by atoms with Gasteiger partial charge in [-0.15, -0.1) is 11.8 Å². The van der Waals surface area contributed by atoms with Crippen LogP contribution in [0.3, 0.4) is 0 Å². The molecule has 0 bridgehead atoms. The number of hydrogen-bond acceptors (Lipinski definition) is 5. The number of hydrogen-bond donors (Lipinski definition) is 0. The maximum atomic E-state index is 11.0. The summed E-state index contributed by atoms with van der Waals surface area (Å²) in [5, 5.41) is 22.1. The normalized spacial score (nSPS) is 13.1. The zero-order valence-electron chi connectivity index (χ0n) is 10.9. The highest BCUT2D eigenvalue weighted by molar-refractivity contribution is 8.00. The molecular formula is C12H13ClN2O4S. The Morgan fingerprint density at radius 3 is 2.55 bits per heavy atom. The lowest BCUT2D eigenvalue weighted by atomic mass is 10.3. The molecule has 1 rings (SSSR count). The highest BCUT2D eigenvalue weighted by Gasteiger charge is 2.22. The van der Waals surface area contributed by atoms with Crippen LogP contribution in [0.15, 0.2) is 34.2 Å². The van der Waals surface area contributed by atoms with Gasteiger partial charge in [-0.2, -0.15) is 0 Å². The fourth-order valence-corrected chi connectivity index (χ4v) is 2.75. The summed E-state index contributed by atoms with van der Waals surface area (Å²) in [6.45, 7) is 3.76. The summed E-state index contributed by atoms with van der Waals surface area (Å²) >= 11 is 7.26. The quantitative estimate of drug-likeness (QED) is 0.437. The van der Waals surface area contributed by atoms with E-state index in [0.29, 0.717) is 9.93 Å². The lowest BCUT2D eigenvalue weighted by Crippen LogP contribution is -1.99. The van der Waals surface area contributed by atoms with Crippen molar-refractivity contribution >= 4 is 34.7 Å². The van der Waals surface area contributed by atoms with Crippen LogP contribution in [0.5, 0.6) is 0 Å². The van der Waals surface area contributed by atoms with Gasteiger partial charge in [-0.1, -0.05) is 24.6 Å². The molecule has 0 N–H and O–H groups in total. The number of rotatable bonds is 6. The first-order valence-corrected chi connectivity index (χ1v) is 7.07. The minimum atomic E-state index is -0.658. The molecule has 0 aliphatic rings. The molecule has 0 aliphatic carbocycles. The Hall–Kier alpha value is -1.60. The van der Waals surface area contributed by atoms with Crippen molar-refractivity contribution in [3.63, 3.8) is 0 Å². The third-order valence-corrected chi connectivity index (χ3v) is 4.26. The van der Waals surface area contributed by atoms with E-state index in [1.54, 1.807) is 0 Å². The van der Waals surface area contributed by atoms with E-state index >= 15 is 0 Å². The van der Waals surface area contributed by atoms with E-state index in [1.807, 2.05) is 19.9 Å². The molecule has 8 heteroatoms. The van der Waals surface area contributed by atoms with E-state index in [1.165, 1.54) is 23.9 Å². The van der Waals surface area contributed by atoms with Gasteiger partial charge in [0.2, 0.25) is 0 Å². The molecule has 1 aromatic rings. The monoisotopic (exact) mass is 316 g/mol. The van der Waals surface area contributed by atoms with Gasteiger partial charge in [-0.25, -0.2) is 0 Å². The third kappa shape index (κ3) is 4.21. The topological polar surface area (TPSA) is 86.3 Å². The molecule has 0 spiro atoms. The van der Waals surface area contributed by atoms with Crippen molar-refractivity contribution < 1.29 is 9.85 Å². The highest BCUT2D eigenvalue weighted by Crippen LogP contribution is 2.37. The van der Waals surface area contributed by atoms with Crippen LogP contribution in [0.4, 0.5) is 11.4 Å². The Labute approximate surface area is 125 Å². The SMILES string of the molecule is CC/C=C(\Cl)C(C)Sc1ccc([N+](=O)[O-])cc1[N+](=O)[O-]. The van der Waals surface area contributed by atoms with Crippen molar-refractivity contribution in [1.29, 1.82) is 0 Å². The molecule has 1 atom stereocenters. The second kappa shape index (κ2) is 7.25. The zero-order valence-corrected chi connectivity index (χ0v) is 12.5. The predicted molar refractivity (Wildman–Crippen MR) is 79.3 cm³/mol. The third-order valence-electron chi connectivity index (χ3n) is 2.44. The van der Waals surface area contributed by atoms with E-state index in [4.69, 9.17) is 11.6 Å². The van der Waals surface area contributed by atoms with E-state index in [-0.39, 0.29) is 16.6 Å². The average molecular weight is 317 g/mol. The van der Waals surface area contributed by atoms with Gasteiger partial charge in [-0.05, 0) is 19.4 Å². The second-order valence-electron chi connectivity index (χ2n) is 3.92. The number of non-ortho nitro benzene ring substituents is 1. The van der Waals surface area contributed by atoms with Gasteiger partial charge < -0.3 is 0 Å². The summed E-state index contributed by atoms with van der Waals surface area (Å²) in [7, 11) is 0. The Bertz CT molecular complexity index is 562. The molecule has 0 saturated heterocycles. The average Bonchev–Trinajstić information content (AvgIpc) is 2.38. The van der Waals surface area contributed by atoms with Crippen LogP contribution < -0.4 is 0 Å². The summed E-state index contributed by atoms with van der Waals surface area (Å²) < 4.78 is 0. The fraction of sp³-hybridized carbons (Fsp3) is 0.333. The number of nitrogens with zero attached hydrogens (tertiary/aromatic N) is 2. The van der Waals surface area contributed by atoms with Crippen molar-refractivity contribution in [2.24, 2.45) is 0 Å². The summed E-state index contributed by atoms with van der Waals surface area (Å²) in [5.74, 6) is 0. The number of halogens is 1. The van der Waals surface area contributed by atoms with Crippen LogP contribution in [-0.2, 0) is 0 Å². The van der Waals surface area contributed by atoms with Crippen LogP contribution in [0.25, 0.3) is 0 Å². The first-order chi connectivity index (χ1) is 9.36. The number of nitro groups is 2. The molecule has 0 aromatic heterocycles. The summed E-state index contributed by atoms with van der Waals surface area (Å²) in [6, 6.07) is 3.60. The van der Waals surface area contributed by atoms with Crippen LogP contribution >= 0.6 is 23.4 Å². The minimum absolute atomic E-state index is 0.156. The summed E-state index contributed by atoms with van der Waals surface area (Å²) in [6.07, 6.45) is 2.60. The van der Waals surface area contributed by atoms with Gasteiger partial charge in [0.25, 0.3) is 11.4 Å². The predicted octanol–water partition coefficient (Wildman–Crippen LogP) is 4.52. The van der Waals surface area contributed by atoms with Crippen LogP contribution in [0.1, 0.15) is 20.3 Å². The Morgan fingerprint density at radius 2 is 2.05 bits per heavy atom. The van der Waals surface area contributed by atoms with Crippen LogP contribution in [0, 0.1) is 20.2 Å². The molecule has 0 amide bonds. The Kier molecular flexibility index (Phi) is 5.97. The largest absolute Gasteiger partial charge is 0.289 e. The van der Waals surface area contributed by atoms with Gasteiger partial charge in [0, 0.05) is 16.3 Å². The molecule has 0 aliphatic heterocycles. The van der Waals surface area contributed by atoms with E-state index in [9.17, 15) is 20.2 Å². The number of nitro benzene ring substituents is 2. The lowest BCUT2D eigenvalue weighted by Gasteiger charge is -2.10. The molecule has 0 fully saturated rings. The summed E-state index contributed by atoms with van der Waals surface area (Å²) in [4.78, 5) is 20.7. The smallest absolute Gasteiger partial charge is 0.258 e. The molecule has 20 heavy (non-hydrogen) atoms. The zero-order chi connectivity index (χ0) is 15.3. The van der Waals surface area contributed by atoms with Crippen molar-refractivity contribution in [1.82, 2.24) is 0 Å². The molecule has 0 saturated carbocycles. The summed E-state index contributed by atoms with van der Waals surface area (Å²) in [5.41, 5.74) is -0.582. The maximum Gasteiger partial charge on any atom is 0.289 e. The second-order valence-corrected chi connectivity index (χ2v) is 5.74. The van der Waals surface area contributed by atoms with Crippen LogP contribution in [0.2, 0.25) is 0 Å². The van der Waals surface area contributed by atoms with Crippen molar-refractivity contribution in [2.45, 2.75) is 30.4 Å². The Balaban J connectivity index is 3.09. The van der Waals surface area contributed by atoms with Gasteiger partial charge in [0.15, 0.2) is 0 Å². The number of benzene rings is 1. The molecule has 0 radical (unpaired) electrons. The molecule has 1 unspecified atom stereocenters. The van der Waals surface area contributed by atoms with Crippen molar-refractivity contribution in [3.05, 3.63) is 49.5 Å². The van der Waals surface area contributed by atoms with Gasteiger partial charge >= 0.3 is 0 Å². The van der Waals surface area contributed by atoms with Gasteiger partial charge in [-0.3, -0.25) is 20.2 Å². The maximum absolute atomic E-state index is 11.0. The first kappa shape index (κ1) is 16.5. The standard InChI is InChI=1S/C12H13ClN2O4S/c1-3-4-10(13)8(2)20-12-6-5-9(14(16)17)7-11(12)15(18)19/h4-8H,3H2,1-2H3/b10-4-. The van der Waals surface area contributed by atoms with Crippen molar-refractivity contribution in [3.8, 4) is 0 Å². The van der Waals surface area contributed by atoms with Gasteiger partial charge in [0.05, 0.1) is 20.8 Å². The van der Waals surface area contributed by atoms with E-state index < -0.39 is 9.85 Å². The van der Waals surface area contributed by atoms with E-state index in [2.05, 4.69) is 0 Å². The van der Waals surface area contributed by atoms with Crippen LogP contribution in [-0.4, -0.2) is 15.1 Å². The Morgan fingerprint density at radius 1 is 1.40 bits per heavy atom. The molecule has 6 nitrogen and oxygen atoms in total. The number of allylic oxidation sites excluding steroid dienone is 1. The molecule has 1 aromatic carbocycles. The molecule has 0 heterocycles. The van der Waals surface area contributed by atoms with Gasteiger partial charge in [0.1, 0.15) is 0 Å². The highest BCUT2D eigenvalue weighted by atomic mass is 35.5. The lowest BCUT2D eigenvalue weighted by molar-refractivity contribution is -0.396. The molecule has 108 valence electrons. The van der Waals surface area contributed by atoms with E-state index in [0.717, 1.165) is 12.5 Å². The number of thioether (sulfide) groups is 1. The van der Waals surface area contributed by atoms with Crippen molar-refractivity contribution in [2.75, 3.05) is 0 Å².